The standard InChI is InChI=1S/C19H20N2O7S.Na/c1-12-3-2-4-13(7-12)21-15(5-6-20(19(21)23)10-29(24,25)26)14-8-17-18(9-16(14)22)28-11-27-17;/h2-4,7-9,15,22H,5-6,10-11H2,1H3,(H,24,25,26);/q;+1/p-1. The first-order chi connectivity index (χ1) is 13.7. The molecular formula is C19H19N2NaO7S. The van der Waals surface area contributed by atoms with Crippen molar-refractivity contribution in [3.63, 3.8) is 0 Å². The average molecular weight is 442 g/mol. The number of ether oxygens (including phenoxy) is 2. The first kappa shape index (κ1) is 22.7. The van der Waals surface area contributed by atoms with E-state index in [0.29, 0.717) is 29.2 Å². The maximum atomic E-state index is 13.2. The molecule has 1 N–H and O–H groups in total. The molecule has 11 heteroatoms. The van der Waals surface area contributed by atoms with Gasteiger partial charge in [-0.25, -0.2) is 13.2 Å². The SMILES string of the molecule is Cc1cccc(N2C(=O)N(CS(=O)(=O)[O-])CCC2c2cc3c(cc2O)OCO3)c1.[Na+]. The Morgan fingerprint density at radius 1 is 1.20 bits per heavy atom. The molecule has 1 fully saturated rings. The molecule has 30 heavy (non-hydrogen) atoms. The minimum absolute atomic E-state index is 0. The summed E-state index contributed by atoms with van der Waals surface area (Å²) in [5.41, 5.74) is 1.89. The van der Waals surface area contributed by atoms with Crippen molar-refractivity contribution >= 4 is 21.8 Å². The predicted octanol–water partition coefficient (Wildman–Crippen LogP) is -0.691. The van der Waals surface area contributed by atoms with Crippen LogP contribution in [0.25, 0.3) is 0 Å². The zero-order valence-electron chi connectivity index (χ0n) is 16.6. The van der Waals surface area contributed by atoms with Gasteiger partial charge >= 0.3 is 35.6 Å². The van der Waals surface area contributed by atoms with Gasteiger partial charge in [0.15, 0.2) is 11.5 Å². The van der Waals surface area contributed by atoms with Gasteiger partial charge < -0.3 is 24.0 Å². The molecule has 2 aromatic rings. The molecule has 1 unspecified atom stereocenters. The Bertz CT molecular complexity index is 1080. The first-order valence-corrected chi connectivity index (χ1v) is 10.5. The molecule has 0 aromatic heterocycles. The smallest absolute Gasteiger partial charge is 0.747 e. The summed E-state index contributed by atoms with van der Waals surface area (Å²) in [6, 6.07) is 9.00. The van der Waals surface area contributed by atoms with E-state index in [0.717, 1.165) is 10.5 Å². The fourth-order valence-corrected chi connectivity index (χ4v) is 4.30. The normalized spacial score (nSPS) is 18.3. The van der Waals surface area contributed by atoms with E-state index in [4.69, 9.17) is 9.47 Å². The summed E-state index contributed by atoms with van der Waals surface area (Å²) >= 11 is 0. The molecule has 0 saturated carbocycles. The second-order valence-electron chi connectivity index (χ2n) is 7.01. The van der Waals surface area contributed by atoms with Crippen LogP contribution in [0.4, 0.5) is 10.5 Å². The van der Waals surface area contributed by atoms with Crippen molar-refractivity contribution in [2.24, 2.45) is 0 Å². The fourth-order valence-electron chi connectivity index (χ4n) is 3.68. The predicted molar refractivity (Wildman–Crippen MR) is 102 cm³/mol. The summed E-state index contributed by atoms with van der Waals surface area (Å²) in [5, 5.41) is 10.6. The molecule has 2 amide bonds. The van der Waals surface area contributed by atoms with E-state index < -0.39 is 28.1 Å². The molecule has 0 bridgehead atoms. The van der Waals surface area contributed by atoms with Crippen molar-refractivity contribution in [3.05, 3.63) is 47.5 Å². The molecular weight excluding hydrogens is 423 g/mol. The third-order valence-corrected chi connectivity index (χ3v) is 5.56. The Hall–Kier alpha value is -1.98. The number of fused-ring (bicyclic) bond motifs is 1. The van der Waals surface area contributed by atoms with Crippen LogP contribution < -0.4 is 43.9 Å². The molecule has 0 radical (unpaired) electrons. The number of aryl methyl sites for hydroxylation is 1. The van der Waals surface area contributed by atoms with E-state index in [1.54, 1.807) is 24.3 Å². The number of phenols is 1. The van der Waals surface area contributed by atoms with Crippen LogP contribution >= 0.6 is 0 Å². The van der Waals surface area contributed by atoms with Crippen molar-refractivity contribution in [2.45, 2.75) is 19.4 Å². The molecule has 0 spiro atoms. The van der Waals surface area contributed by atoms with E-state index in [9.17, 15) is 22.9 Å². The van der Waals surface area contributed by atoms with Gasteiger partial charge in [-0.2, -0.15) is 0 Å². The number of hydrogen-bond donors (Lipinski definition) is 1. The van der Waals surface area contributed by atoms with Crippen molar-refractivity contribution in [1.29, 1.82) is 0 Å². The number of aromatic hydroxyl groups is 1. The van der Waals surface area contributed by atoms with Gasteiger partial charge in [0.1, 0.15) is 21.7 Å². The third kappa shape index (κ3) is 4.52. The zero-order valence-corrected chi connectivity index (χ0v) is 19.4. The molecule has 2 aliphatic heterocycles. The molecule has 154 valence electrons. The number of carbonyl (C=O) groups excluding carboxylic acids is 1. The molecule has 9 nitrogen and oxygen atoms in total. The van der Waals surface area contributed by atoms with Crippen LogP contribution in [0.2, 0.25) is 0 Å². The van der Waals surface area contributed by atoms with Crippen molar-refractivity contribution in [3.8, 4) is 17.2 Å². The number of rotatable bonds is 4. The Kier molecular flexibility index (Phi) is 6.54. The number of phenolic OH excluding ortho intramolecular Hbond substituents is 1. The van der Waals surface area contributed by atoms with Gasteiger partial charge in [-0.3, -0.25) is 4.90 Å². The molecule has 4 rings (SSSR count). The maximum absolute atomic E-state index is 13.2. The Morgan fingerprint density at radius 2 is 1.90 bits per heavy atom. The van der Waals surface area contributed by atoms with Crippen molar-refractivity contribution in [1.82, 2.24) is 4.90 Å². The number of carbonyl (C=O) groups is 1. The van der Waals surface area contributed by atoms with Gasteiger partial charge in [-0.1, -0.05) is 12.1 Å². The summed E-state index contributed by atoms with van der Waals surface area (Å²) in [7, 11) is -4.63. The molecule has 2 aliphatic rings. The second-order valence-corrected chi connectivity index (χ2v) is 8.38. The van der Waals surface area contributed by atoms with Crippen LogP contribution in [-0.2, 0) is 10.1 Å². The van der Waals surface area contributed by atoms with Crippen LogP contribution in [-0.4, -0.2) is 48.2 Å². The van der Waals surface area contributed by atoms with Crippen LogP contribution in [0.3, 0.4) is 0 Å². The number of benzene rings is 2. The summed E-state index contributed by atoms with van der Waals surface area (Å²) in [5.74, 6) is -0.100. The largest absolute Gasteiger partial charge is 1.00 e. The van der Waals surface area contributed by atoms with Crippen LogP contribution in [0.5, 0.6) is 17.2 Å². The zero-order chi connectivity index (χ0) is 20.8. The number of urea groups is 1. The molecule has 0 aliphatic carbocycles. The number of nitrogens with zero attached hydrogens (tertiary/aromatic N) is 2. The van der Waals surface area contributed by atoms with E-state index in [2.05, 4.69) is 0 Å². The van der Waals surface area contributed by atoms with Crippen LogP contribution in [0.15, 0.2) is 36.4 Å². The maximum Gasteiger partial charge on any atom is 1.00 e. The van der Waals surface area contributed by atoms with Crippen LogP contribution in [0.1, 0.15) is 23.6 Å². The quantitative estimate of drug-likeness (QED) is 0.492. The topological polar surface area (TPSA) is 119 Å². The Morgan fingerprint density at radius 3 is 2.57 bits per heavy atom. The van der Waals surface area contributed by atoms with Crippen LogP contribution in [0, 0.1) is 6.92 Å². The Labute approximate surface area is 196 Å². The first-order valence-electron chi connectivity index (χ1n) is 8.94. The minimum Gasteiger partial charge on any atom is -0.747 e. The third-order valence-electron chi connectivity index (χ3n) is 4.94. The van der Waals surface area contributed by atoms with Gasteiger partial charge in [0.2, 0.25) is 6.79 Å². The van der Waals surface area contributed by atoms with Gasteiger partial charge in [0.05, 0.1) is 6.04 Å². The average Bonchev–Trinajstić information content (AvgIpc) is 3.08. The number of anilines is 1. The molecule has 2 heterocycles. The van der Waals surface area contributed by atoms with Gasteiger partial charge in [0, 0.05) is 23.9 Å². The van der Waals surface area contributed by atoms with Crippen molar-refractivity contribution < 1.29 is 61.9 Å². The second kappa shape index (κ2) is 8.64. The molecule has 1 atom stereocenters. The summed E-state index contributed by atoms with van der Waals surface area (Å²) in [6.45, 7) is 1.96. The Balaban J connectivity index is 0.00000256. The van der Waals surface area contributed by atoms with Crippen molar-refractivity contribution in [2.75, 3.05) is 24.1 Å². The van der Waals surface area contributed by atoms with Gasteiger partial charge in [-0.15, -0.1) is 0 Å². The number of hydrogen-bond acceptors (Lipinski definition) is 7. The van der Waals surface area contributed by atoms with E-state index in [1.807, 2.05) is 13.0 Å². The van der Waals surface area contributed by atoms with E-state index in [-0.39, 0.29) is 48.6 Å². The van der Waals surface area contributed by atoms with Gasteiger partial charge in [-0.05, 0) is 37.1 Å². The van der Waals surface area contributed by atoms with Gasteiger partial charge in [0.25, 0.3) is 0 Å². The monoisotopic (exact) mass is 442 g/mol. The fraction of sp³-hybridized carbons (Fsp3) is 0.316. The summed E-state index contributed by atoms with van der Waals surface area (Å²) in [6.07, 6.45) is 0.308. The number of amides is 2. The summed E-state index contributed by atoms with van der Waals surface area (Å²) < 4.78 is 44.4. The van der Waals surface area contributed by atoms with E-state index >= 15 is 0 Å². The van der Waals surface area contributed by atoms with E-state index in [1.165, 1.54) is 11.0 Å². The summed E-state index contributed by atoms with van der Waals surface area (Å²) in [4.78, 5) is 15.6. The molecule has 2 aromatic carbocycles. The molecule has 1 saturated heterocycles. The minimum atomic E-state index is -4.63.